The van der Waals surface area contributed by atoms with E-state index in [0.29, 0.717) is 12.1 Å². The first-order chi connectivity index (χ1) is 9.78. The lowest BCUT2D eigenvalue weighted by Crippen LogP contribution is -2.50. The number of morpholine rings is 1. The highest BCUT2D eigenvalue weighted by atomic mass is 16.5. The Kier molecular flexibility index (Phi) is 4.39. The average Bonchev–Trinajstić information content (AvgIpc) is 2.93. The van der Waals surface area contributed by atoms with E-state index in [2.05, 4.69) is 48.3 Å². The first-order valence-corrected chi connectivity index (χ1v) is 7.93. The van der Waals surface area contributed by atoms with Crippen molar-refractivity contribution in [3.05, 3.63) is 35.4 Å². The van der Waals surface area contributed by atoms with Crippen molar-refractivity contribution in [1.29, 1.82) is 0 Å². The number of benzene rings is 1. The van der Waals surface area contributed by atoms with E-state index >= 15 is 0 Å². The molecule has 2 saturated heterocycles. The van der Waals surface area contributed by atoms with Gasteiger partial charge >= 0.3 is 0 Å². The van der Waals surface area contributed by atoms with Crippen LogP contribution in [0.3, 0.4) is 0 Å². The van der Waals surface area contributed by atoms with E-state index in [1.807, 2.05) is 0 Å². The summed E-state index contributed by atoms with van der Waals surface area (Å²) in [6.45, 7) is 8.49. The normalized spacial score (nSPS) is 28.3. The van der Waals surface area contributed by atoms with Crippen LogP contribution in [0.5, 0.6) is 0 Å². The lowest BCUT2D eigenvalue weighted by Gasteiger charge is -2.39. The summed E-state index contributed by atoms with van der Waals surface area (Å²) in [5.41, 5.74) is 2.66. The molecule has 0 aliphatic carbocycles. The number of hydrogen-bond acceptors (Lipinski definition) is 3. The van der Waals surface area contributed by atoms with Crippen molar-refractivity contribution in [2.24, 2.45) is 0 Å². The maximum absolute atomic E-state index is 6.19. The van der Waals surface area contributed by atoms with Crippen molar-refractivity contribution >= 4 is 0 Å². The van der Waals surface area contributed by atoms with Crippen LogP contribution in [-0.2, 0) is 4.74 Å². The minimum Gasteiger partial charge on any atom is -0.373 e. The number of fused-ring (bicyclic) bond motifs is 1. The van der Waals surface area contributed by atoms with Gasteiger partial charge in [0.1, 0.15) is 0 Å². The summed E-state index contributed by atoms with van der Waals surface area (Å²) in [4.78, 5) is 2.62. The molecule has 0 spiro atoms. The predicted octanol–water partition coefficient (Wildman–Crippen LogP) is 2.51. The van der Waals surface area contributed by atoms with E-state index < -0.39 is 0 Å². The summed E-state index contributed by atoms with van der Waals surface area (Å²) >= 11 is 0. The summed E-state index contributed by atoms with van der Waals surface area (Å²) in [5, 5.41) is 3.62. The Morgan fingerprint density at radius 1 is 1.35 bits per heavy atom. The molecule has 0 aromatic heterocycles. The monoisotopic (exact) mass is 274 g/mol. The highest BCUT2D eigenvalue weighted by Gasteiger charge is 2.35. The molecule has 3 heteroatoms. The third kappa shape index (κ3) is 2.90. The van der Waals surface area contributed by atoms with Gasteiger partial charge in [-0.3, -0.25) is 4.90 Å². The van der Waals surface area contributed by atoms with Crippen LogP contribution in [0.15, 0.2) is 24.3 Å². The van der Waals surface area contributed by atoms with Gasteiger partial charge in [-0.1, -0.05) is 36.8 Å². The van der Waals surface area contributed by atoms with E-state index in [-0.39, 0.29) is 6.10 Å². The molecule has 2 aliphatic heterocycles. The topological polar surface area (TPSA) is 24.5 Å². The number of likely N-dealkylation sites (N-methyl/N-ethyl adjacent to an activating group) is 1. The zero-order valence-corrected chi connectivity index (χ0v) is 12.6. The van der Waals surface area contributed by atoms with Gasteiger partial charge in [0.2, 0.25) is 0 Å². The van der Waals surface area contributed by atoms with Crippen molar-refractivity contribution in [2.45, 2.75) is 44.9 Å². The van der Waals surface area contributed by atoms with Crippen LogP contribution in [0.2, 0.25) is 0 Å². The zero-order chi connectivity index (χ0) is 13.9. The largest absolute Gasteiger partial charge is 0.373 e. The molecule has 1 aromatic rings. The zero-order valence-electron chi connectivity index (χ0n) is 12.6. The van der Waals surface area contributed by atoms with Crippen LogP contribution in [-0.4, -0.2) is 43.3 Å². The minimum absolute atomic E-state index is 0.270. The van der Waals surface area contributed by atoms with Crippen molar-refractivity contribution in [1.82, 2.24) is 10.2 Å². The van der Waals surface area contributed by atoms with Gasteiger partial charge in [-0.05, 0) is 38.4 Å². The Morgan fingerprint density at radius 2 is 2.15 bits per heavy atom. The lowest BCUT2D eigenvalue weighted by molar-refractivity contribution is -0.0650. The van der Waals surface area contributed by atoms with Gasteiger partial charge in [0.25, 0.3) is 0 Å². The summed E-state index contributed by atoms with van der Waals surface area (Å²) in [5.74, 6) is 0. The fraction of sp³-hybridized carbons (Fsp3) is 0.647. The fourth-order valence-corrected chi connectivity index (χ4v) is 3.50. The Morgan fingerprint density at radius 3 is 2.90 bits per heavy atom. The maximum atomic E-state index is 6.19. The standard InChI is InChI=1S/C17H26N2O/c1-3-18-17(14-8-6-13(2)7-9-14)16-11-19-10-4-5-15(19)12-20-16/h6-9,15-18H,3-5,10-12H2,1-2H3. The summed E-state index contributed by atoms with van der Waals surface area (Å²) in [6.07, 6.45) is 2.91. The van der Waals surface area contributed by atoms with Gasteiger partial charge in [-0.15, -0.1) is 0 Å². The molecule has 20 heavy (non-hydrogen) atoms. The highest BCUT2D eigenvalue weighted by Crippen LogP contribution is 2.28. The van der Waals surface area contributed by atoms with Crippen LogP contribution >= 0.6 is 0 Å². The SMILES string of the molecule is CCNC(c1ccc(C)cc1)C1CN2CCCC2CO1. The van der Waals surface area contributed by atoms with E-state index in [9.17, 15) is 0 Å². The van der Waals surface area contributed by atoms with Crippen LogP contribution in [0.4, 0.5) is 0 Å². The molecule has 3 atom stereocenters. The van der Waals surface area contributed by atoms with Gasteiger partial charge in [-0.2, -0.15) is 0 Å². The first-order valence-electron chi connectivity index (χ1n) is 7.93. The van der Waals surface area contributed by atoms with Crippen molar-refractivity contribution in [3.8, 4) is 0 Å². The average molecular weight is 274 g/mol. The second-order valence-corrected chi connectivity index (χ2v) is 6.11. The van der Waals surface area contributed by atoms with Crippen LogP contribution < -0.4 is 5.32 Å². The van der Waals surface area contributed by atoms with Crippen LogP contribution in [0, 0.1) is 6.92 Å². The van der Waals surface area contributed by atoms with Gasteiger partial charge in [-0.25, -0.2) is 0 Å². The number of aryl methyl sites for hydroxylation is 1. The van der Waals surface area contributed by atoms with E-state index in [4.69, 9.17) is 4.74 Å². The third-order valence-electron chi connectivity index (χ3n) is 4.65. The molecule has 0 saturated carbocycles. The Balaban J connectivity index is 1.74. The molecular weight excluding hydrogens is 248 g/mol. The van der Waals surface area contributed by atoms with Crippen molar-refractivity contribution in [3.63, 3.8) is 0 Å². The number of rotatable bonds is 4. The maximum Gasteiger partial charge on any atom is 0.0897 e. The summed E-state index contributed by atoms with van der Waals surface area (Å²) < 4.78 is 6.19. The van der Waals surface area contributed by atoms with Gasteiger partial charge < -0.3 is 10.1 Å². The van der Waals surface area contributed by atoms with E-state index in [1.54, 1.807) is 0 Å². The lowest BCUT2D eigenvalue weighted by atomic mass is 9.98. The predicted molar refractivity (Wildman–Crippen MR) is 81.9 cm³/mol. The minimum atomic E-state index is 0.270. The number of nitrogens with zero attached hydrogens (tertiary/aromatic N) is 1. The molecule has 0 radical (unpaired) electrons. The molecule has 2 heterocycles. The fourth-order valence-electron chi connectivity index (χ4n) is 3.50. The van der Waals surface area contributed by atoms with Crippen molar-refractivity contribution in [2.75, 3.05) is 26.2 Å². The third-order valence-corrected chi connectivity index (χ3v) is 4.65. The van der Waals surface area contributed by atoms with Gasteiger partial charge in [0.15, 0.2) is 0 Å². The number of nitrogens with one attached hydrogen (secondary N) is 1. The molecule has 3 rings (SSSR count). The van der Waals surface area contributed by atoms with Gasteiger partial charge in [0.05, 0.1) is 18.8 Å². The van der Waals surface area contributed by atoms with Gasteiger partial charge in [0, 0.05) is 12.6 Å². The molecule has 3 unspecified atom stereocenters. The van der Waals surface area contributed by atoms with Crippen molar-refractivity contribution < 1.29 is 4.74 Å². The first kappa shape index (κ1) is 14.1. The highest BCUT2D eigenvalue weighted by molar-refractivity contribution is 5.25. The van der Waals surface area contributed by atoms with E-state index in [0.717, 1.165) is 19.7 Å². The van der Waals surface area contributed by atoms with Crippen LogP contribution in [0.1, 0.15) is 36.9 Å². The molecule has 0 amide bonds. The van der Waals surface area contributed by atoms with E-state index in [1.165, 1.54) is 30.5 Å². The molecule has 2 fully saturated rings. The smallest absolute Gasteiger partial charge is 0.0897 e. The molecular formula is C17H26N2O. The molecule has 3 nitrogen and oxygen atoms in total. The second-order valence-electron chi connectivity index (χ2n) is 6.11. The molecule has 0 bridgehead atoms. The molecule has 110 valence electrons. The Hall–Kier alpha value is -0.900. The molecule has 1 N–H and O–H groups in total. The number of hydrogen-bond donors (Lipinski definition) is 1. The second kappa shape index (κ2) is 6.25. The molecule has 2 aliphatic rings. The summed E-state index contributed by atoms with van der Waals surface area (Å²) in [7, 11) is 0. The molecule has 1 aromatic carbocycles. The Bertz CT molecular complexity index is 431. The number of ether oxygens (including phenoxy) is 1. The Labute approximate surface area is 122 Å². The quantitative estimate of drug-likeness (QED) is 0.913. The van der Waals surface area contributed by atoms with Crippen LogP contribution in [0.25, 0.3) is 0 Å². The summed E-state index contributed by atoms with van der Waals surface area (Å²) in [6, 6.07) is 9.85.